The Labute approximate surface area is 192 Å². The van der Waals surface area contributed by atoms with Gasteiger partial charge in [0.25, 0.3) is 0 Å². The lowest BCUT2D eigenvalue weighted by molar-refractivity contribution is -0.320. The summed E-state index contributed by atoms with van der Waals surface area (Å²) >= 11 is 0. The molecule has 6 N–H and O–H groups in total. The van der Waals surface area contributed by atoms with E-state index in [4.69, 9.17) is 19.3 Å². The van der Waals surface area contributed by atoms with Crippen molar-refractivity contribution >= 4 is 11.9 Å². The van der Waals surface area contributed by atoms with E-state index in [-0.39, 0.29) is 17.4 Å². The molecule has 0 aromatic carbocycles. The zero-order chi connectivity index (χ0) is 24.9. The van der Waals surface area contributed by atoms with Crippen molar-refractivity contribution in [1.82, 2.24) is 0 Å². The van der Waals surface area contributed by atoms with E-state index in [2.05, 4.69) is 13.8 Å². The Balaban J connectivity index is 1.61. The Morgan fingerprint density at radius 2 is 1.70 bits per heavy atom. The van der Waals surface area contributed by atoms with E-state index in [1.807, 2.05) is 6.92 Å². The van der Waals surface area contributed by atoms with Crippen molar-refractivity contribution in [2.75, 3.05) is 6.61 Å². The molecule has 11 heteroatoms. The predicted molar refractivity (Wildman–Crippen MR) is 111 cm³/mol. The molecule has 1 aliphatic heterocycles. The van der Waals surface area contributed by atoms with Crippen LogP contribution in [0, 0.1) is 16.7 Å². The maximum Gasteiger partial charge on any atom is 0.308 e. The fraction of sp³-hybridized carbons (Fsp3) is 0.909. The minimum atomic E-state index is -1.81. The number of rotatable bonds is 8. The number of carboxylic acid groups (broad SMARTS) is 1. The third-order valence-corrected chi connectivity index (χ3v) is 8.11. The molecule has 3 rings (SSSR count). The van der Waals surface area contributed by atoms with Gasteiger partial charge in [0.2, 0.25) is 0 Å². The van der Waals surface area contributed by atoms with E-state index in [0.29, 0.717) is 12.8 Å². The normalized spacial score (nSPS) is 43.8. The summed E-state index contributed by atoms with van der Waals surface area (Å²) in [5.41, 5.74) is -2.42. The Kier molecular flexibility index (Phi) is 7.19. The average molecular weight is 477 g/mol. The molecule has 2 aliphatic carbocycles. The van der Waals surface area contributed by atoms with E-state index in [1.165, 1.54) is 6.92 Å². The second kappa shape index (κ2) is 9.03. The molecule has 3 aliphatic rings. The van der Waals surface area contributed by atoms with Gasteiger partial charge < -0.3 is 44.8 Å². The number of aliphatic hydroxyl groups is 5. The number of aliphatic hydroxyl groups excluding tert-OH is 4. The van der Waals surface area contributed by atoms with Gasteiger partial charge in [-0.25, -0.2) is 0 Å². The van der Waals surface area contributed by atoms with Crippen LogP contribution in [0.3, 0.4) is 0 Å². The van der Waals surface area contributed by atoms with Crippen LogP contribution < -0.4 is 0 Å². The lowest BCUT2D eigenvalue weighted by Crippen LogP contribution is -2.60. The van der Waals surface area contributed by atoms with Crippen LogP contribution in [0.4, 0.5) is 0 Å². The molecule has 10 atom stereocenters. The smallest absolute Gasteiger partial charge is 0.308 e. The van der Waals surface area contributed by atoms with Crippen LogP contribution in [0.5, 0.6) is 0 Å². The molecule has 1 saturated heterocycles. The van der Waals surface area contributed by atoms with Crippen molar-refractivity contribution in [3.63, 3.8) is 0 Å². The van der Waals surface area contributed by atoms with Crippen molar-refractivity contribution < 1.29 is 54.4 Å². The number of carbonyl (C=O) groups excluding carboxylic acids is 1. The van der Waals surface area contributed by atoms with Crippen molar-refractivity contribution in [3.05, 3.63) is 0 Å². The van der Waals surface area contributed by atoms with Gasteiger partial charge in [0.15, 0.2) is 6.29 Å². The van der Waals surface area contributed by atoms with Crippen molar-refractivity contribution in [3.8, 4) is 0 Å². The first kappa shape index (κ1) is 26.3. The van der Waals surface area contributed by atoms with Crippen LogP contribution in [0.15, 0.2) is 0 Å². The van der Waals surface area contributed by atoms with Gasteiger partial charge in [-0.2, -0.15) is 0 Å². The largest absolute Gasteiger partial charge is 0.481 e. The summed E-state index contributed by atoms with van der Waals surface area (Å²) in [7, 11) is 0. The van der Waals surface area contributed by atoms with E-state index in [1.54, 1.807) is 0 Å². The molecule has 0 spiro atoms. The van der Waals surface area contributed by atoms with E-state index < -0.39 is 79.2 Å². The second-order valence-electron chi connectivity index (χ2n) is 10.8. The number of hydrogen-bond donors (Lipinski definition) is 6. The fourth-order valence-corrected chi connectivity index (χ4v) is 5.69. The van der Waals surface area contributed by atoms with Crippen LogP contribution >= 0.6 is 0 Å². The van der Waals surface area contributed by atoms with Crippen molar-refractivity contribution in [2.45, 2.75) is 102 Å². The summed E-state index contributed by atoms with van der Waals surface area (Å²) in [5, 5.41) is 60.2. The van der Waals surface area contributed by atoms with Gasteiger partial charge in [0.05, 0.1) is 30.7 Å². The standard InChI is InChI=1S/C22H36O11/c1-20(2)10-5-13(22(20,4)6-11(10)23)33-19-18(29)17(28)16(27)12(32-19)9-31-15(26)8-21(3,30)7-14(24)25/h10-13,16-19,23,27-30H,5-9H2,1-4H3,(H,24,25). The van der Waals surface area contributed by atoms with Gasteiger partial charge in [-0.15, -0.1) is 0 Å². The monoisotopic (exact) mass is 476 g/mol. The second-order valence-corrected chi connectivity index (χ2v) is 10.8. The Morgan fingerprint density at radius 3 is 2.21 bits per heavy atom. The van der Waals surface area contributed by atoms with Crippen LogP contribution in [-0.4, -0.2) is 97.7 Å². The van der Waals surface area contributed by atoms with Crippen molar-refractivity contribution in [2.24, 2.45) is 16.7 Å². The number of fused-ring (bicyclic) bond motifs is 2. The first-order chi connectivity index (χ1) is 15.1. The molecule has 0 aromatic heterocycles. The summed E-state index contributed by atoms with van der Waals surface area (Å²) in [6.07, 6.45) is -8.22. The lowest BCUT2D eigenvalue weighted by atomic mass is 9.70. The average Bonchev–Trinajstić information content (AvgIpc) is 2.96. The highest BCUT2D eigenvalue weighted by atomic mass is 16.7. The highest BCUT2D eigenvalue weighted by Crippen LogP contribution is 2.66. The number of hydrogen-bond acceptors (Lipinski definition) is 10. The summed E-state index contributed by atoms with van der Waals surface area (Å²) in [4.78, 5) is 22.8. The van der Waals surface area contributed by atoms with Gasteiger partial charge >= 0.3 is 11.9 Å². The number of carboxylic acids is 1. The summed E-state index contributed by atoms with van der Waals surface area (Å²) in [6, 6.07) is 0. The van der Waals surface area contributed by atoms with Gasteiger partial charge in [0, 0.05) is 5.41 Å². The molecule has 0 amide bonds. The van der Waals surface area contributed by atoms with Gasteiger partial charge in [-0.1, -0.05) is 20.8 Å². The molecule has 2 bridgehead atoms. The first-order valence-electron chi connectivity index (χ1n) is 11.2. The third kappa shape index (κ3) is 4.90. The predicted octanol–water partition coefficient (Wildman–Crippen LogP) is -0.845. The highest BCUT2D eigenvalue weighted by Gasteiger charge is 2.66. The summed E-state index contributed by atoms with van der Waals surface area (Å²) in [6.45, 7) is 6.83. The molecule has 1 heterocycles. The molecule has 11 nitrogen and oxygen atoms in total. The molecular formula is C22H36O11. The molecule has 0 aromatic rings. The quantitative estimate of drug-likeness (QED) is 0.240. The van der Waals surface area contributed by atoms with E-state index >= 15 is 0 Å². The summed E-state index contributed by atoms with van der Waals surface area (Å²) in [5.74, 6) is -2.17. The Hall–Kier alpha value is -1.34. The van der Waals surface area contributed by atoms with E-state index in [0.717, 1.165) is 0 Å². The maximum absolute atomic E-state index is 12.0. The fourth-order valence-electron chi connectivity index (χ4n) is 5.69. The topological polar surface area (TPSA) is 183 Å². The number of ether oxygens (including phenoxy) is 3. The van der Waals surface area contributed by atoms with Gasteiger partial charge in [0.1, 0.15) is 31.0 Å². The molecule has 33 heavy (non-hydrogen) atoms. The first-order valence-corrected chi connectivity index (χ1v) is 11.2. The minimum absolute atomic E-state index is 0.0130. The Morgan fingerprint density at radius 1 is 1.06 bits per heavy atom. The van der Waals surface area contributed by atoms with Crippen LogP contribution in [0.1, 0.15) is 53.4 Å². The zero-order valence-electron chi connectivity index (χ0n) is 19.4. The maximum atomic E-state index is 12.0. The third-order valence-electron chi connectivity index (χ3n) is 8.11. The number of carbonyl (C=O) groups is 2. The van der Waals surface area contributed by atoms with Crippen LogP contribution in [0.25, 0.3) is 0 Å². The Bertz CT molecular complexity index is 753. The zero-order valence-corrected chi connectivity index (χ0v) is 19.4. The summed E-state index contributed by atoms with van der Waals surface area (Å²) < 4.78 is 16.8. The molecule has 10 unspecified atom stereocenters. The van der Waals surface area contributed by atoms with Gasteiger partial charge in [-0.3, -0.25) is 9.59 Å². The van der Waals surface area contributed by atoms with Crippen molar-refractivity contribution in [1.29, 1.82) is 0 Å². The molecular weight excluding hydrogens is 440 g/mol. The molecule has 0 radical (unpaired) electrons. The molecule has 2 saturated carbocycles. The molecule has 3 fully saturated rings. The lowest BCUT2D eigenvalue weighted by Gasteiger charge is -2.44. The number of esters is 1. The number of aliphatic carboxylic acids is 1. The van der Waals surface area contributed by atoms with Crippen LogP contribution in [0.2, 0.25) is 0 Å². The SMILES string of the molecule is CC(O)(CC(=O)O)CC(=O)OCC1OC(OC2CC3C(O)CC2(C)C3(C)C)C(O)C(O)C1O. The minimum Gasteiger partial charge on any atom is -0.481 e. The van der Waals surface area contributed by atoms with Gasteiger partial charge in [-0.05, 0) is 31.1 Å². The molecule has 190 valence electrons. The van der Waals surface area contributed by atoms with E-state index in [9.17, 15) is 35.1 Å². The van der Waals surface area contributed by atoms with Crippen LogP contribution in [-0.2, 0) is 23.8 Å². The highest BCUT2D eigenvalue weighted by molar-refractivity contribution is 5.73.